The fourth-order valence-electron chi connectivity index (χ4n) is 1.59. The SMILES string of the molecule is c1csc(-c2occ3ccccc23)c1. The Hall–Kier alpha value is -1.54. The molecule has 0 N–H and O–H groups in total. The van der Waals surface area contributed by atoms with Crippen molar-refractivity contribution < 1.29 is 4.42 Å². The number of fused-ring (bicyclic) bond motifs is 1. The third-order valence-corrected chi connectivity index (χ3v) is 3.12. The molecule has 2 aromatic heterocycles. The maximum absolute atomic E-state index is 5.57. The summed E-state index contributed by atoms with van der Waals surface area (Å²) in [5.41, 5.74) is 0. The van der Waals surface area contributed by atoms with Crippen LogP contribution in [0.15, 0.2) is 52.5 Å². The van der Waals surface area contributed by atoms with Crippen molar-refractivity contribution in [1.82, 2.24) is 0 Å². The summed E-state index contributed by atoms with van der Waals surface area (Å²) < 4.78 is 5.57. The summed E-state index contributed by atoms with van der Waals surface area (Å²) in [6.07, 6.45) is 1.81. The molecule has 0 saturated heterocycles. The average Bonchev–Trinajstić information content (AvgIpc) is 2.85. The normalized spacial score (nSPS) is 10.9. The lowest BCUT2D eigenvalue weighted by molar-refractivity contribution is 0.588. The van der Waals surface area contributed by atoms with Gasteiger partial charge in [-0.05, 0) is 11.4 Å². The first kappa shape index (κ1) is 7.83. The Morgan fingerprint density at radius 2 is 1.93 bits per heavy atom. The number of benzene rings is 1. The summed E-state index contributed by atoms with van der Waals surface area (Å²) in [5, 5.41) is 4.41. The number of thiophene rings is 1. The molecule has 3 aromatic rings. The number of rotatable bonds is 1. The topological polar surface area (TPSA) is 13.1 Å². The molecule has 14 heavy (non-hydrogen) atoms. The molecule has 0 amide bonds. The predicted molar refractivity (Wildman–Crippen MR) is 59.5 cm³/mol. The van der Waals surface area contributed by atoms with Crippen LogP contribution >= 0.6 is 11.3 Å². The van der Waals surface area contributed by atoms with Crippen molar-refractivity contribution in [3.63, 3.8) is 0 Å². The highest BCUT2D eigenvalue weighted by molar-refractivity contribution is 7.13. The van der Waals surface area contributed by atoms with Crippen LogP contribution in [0.1, 0.15) is 0 Å². The largest absolute Gasteiger partial charge is 0.462 e. The van der Waals surface area contributed by atoms with Crippen molar-refractivity contribution in [2.75, 3.05) is 0 Å². The fourth-order valence-corrected chi connectivity index (χ4v) is 2.32. The van der Waals surface area contributed by atoms with Gasteiger partial charge in [0.25, 0.3) is 0 Å². The van der Waals surface area contributed by atoms with Gasteiger partial charge in [0.15, 0.2) is 5.76 Å². The lowest BCUT2D eigenvalue weighted by atomic mass is 10.2. The van der Waals surface area contributed by atoms with Crippen molar-refractivity contribution >= 4 is 22.1 Å². The molecule has 0 aliphatic rings. The van der Waals surface area contributed by atoms with Crippen LogP contribution in [0.3, 0.4) is 0 Å². The van der Waals surface area contributed by atoms with Crippen LogP contribution in [-0.2, 0) is 0 Å². The molecule has 3 rings (SSSR count). The molecule has 2 heteroatoms. The van der Waals surface area contributed by atoms with E-state index in [1.807, 2.05) is 24.5 Å². The smallest absolute Gasteiger partial charge is 0.151 e. The third-order valence-electron chi connectivity index (χ3n) is 2.25. The van der Waals surface area contributed by atoms with Crippen molar-refractivity contribution in [2.24, 2.45) is 0 Å². The molecule has 0 aliphatic heterocycles. The Kier molecular flexibility index (Phi) is 1.67. The van der Waals surface area contributed by atoms with Crippen molar-refractivity contribution in [1.29, 1.82) is 0 Å². The molecule has 0 bridgehead atoms. The predicted octanol–water partition coefficient (Wildman–Crippen LogP) is 4.16. The quantitative estimate of drug-likeness (QED) is 0.574. The van der Waals surface area contributed by atoms with E-state index in [4.69, 9.17) is 4.42 Å². The van der Waals surface area contributed by atoms with E-state index in [0.717, 1.165) is 11.1 Å². The minimum atomic E-state index is 0.982. The van der Waals surface area contributed by atoms with Crippen LogP contribution in [0, 0.1) is 0 Å². The van der Waals surface area contributed by atoms with E-state index in [1.54, 1.807) is 11.3 Å². The van der Waals surface area contributed by atoms with Gasteiger partial charge in [0.05, 0.1) is 11.1 Å². The first-order valence-corrected chi connectivity index (χ1v) is 5.33. The molecule has 0 atom stereocenters. The van der Waals surface area contributed by atoms with Gasteiger partial charge >= 0.3 is 0 Å². The van der Waals surface area contributed by atoms with E-state index in [-0.39, 0.29) is 0 Å². The highest BCUT2D eigenvalue weighted by Crippen LogP contribution is 2.32. The van der Waals surface area contributed by atoms with Gasteiger partial charge in [-0.2, -0.15) is 0 Å². The molecule has 1 aromatic carbocycles. The molecule has 1 nitrogen and oxygen atoms in total. The summed E-state index contributed by atoms with van der Waals surface area (Å²) in [5.74, 6) is 0.982. The number of hydrogen-bond donors (Lipinski definition) is 0. The van der Waals surface area contributed by atoms with Crippen LogP contribution < -0.4 is 0 Å². The van der Waals surface area contributed by atoms with Crippen molar-refractivity contribution in [3.05, 3.63) is 48.0 Å². The Morgan fingerprint density at radius 3 is 2.79 bits per heavy atom. The average molecular weight is 200 g/mol. The zero-order valence-electron chi connectivity index (χ0n) is 7.44. The molecule has 0 saturated carbocycles. The molecule has 68 valence electrons. The van der Waals surface area contributed by atoms with Crippen LogP contribution in [0.4, 0.5) is 0 Å². The molecule has 0 spiro atoms. The third kappa shape index (κ3) is 1.08. The van der Waals surface area contributed by atoms with Crippen molar-refractivity contribution in [3.8, 4) is 10.6 Å². The Balaban J connectivity index is 2.33. The number of furan rings is 1. The zero-order chi connectivity index (χ0) is 9.38. The summed E-state index contributed by atoms with van der Waals surface area (Å²) >= 11 is 1.70. The van der Waals surface area contributed by atoms with E-state index in [1.165, 1.54) is 10.3 Å². The van der Waals surface area contributed by atoms with E-state index in [2.05, 4.69) is 23.6 Å². The van der Waals surface area contributed by atoms with Crippen LogP contribution in [0.2, 0.25) is 0 Å². The summed E-state index contributed by atoms with van der Waals surface area (Å²) in [4.78, 5) is 1.19. The van der Waals surface area contributed by atoms with Crippen LogP contribution in [0.25, 0.3) is 21.4 Å². The van der Waals surface area contributed by atoms with E-state index in [0.29, 0.717) is 0 Å². The second kappa shape index (κ2) is 3.00. The molecular weight excluding hydrogens is 192 g/mol. The Morgan fingerprint density at radius 1 is 1.00 bits per heavy atom. The van der Waals surface area contributed by atoms with E-state index < -0.39 is 0 Å². The van der Waals surface area contributed by atoms with Gasteiger partial charge in [-0.15, -0.1) is 11.3 Å². The molecule has 0 aliphatic carbocycles. The second-order valence-corrected chi connectivity index (χ2v) is 4.08. The summed E-state index contributed by atoms with van der Waals surface area (Å²) in [7, 11) is 0. The van der Waals surface area contributed by atoms with Crippen LogP contribution in [0.5, 0.6) is 0 Å². The van der Waals surface area contributed by atoms with Gasteiger partial charge in [-0.3, -0.25) is 0 Å². The van der Waals surface area contributed by atoms with Gasteiger partial charge in [0.2, 0.25) is 0 Å². The first-order valence-electron chi connectivity index (χ1n) is 4.45. The van der Waals surface area contributed by atoms with E-state index in [9.17, 15) is 0 Å². The Bertz CT molecular complexity index is 548. The second-order valence-electron chi connectivity index (χ2n) is 3.13. The van der Waals surface area contributed by atoms with E-state index >= 15 is 0 Å². The minimum Gasteiger partial charge on any atom is -0.462 e. The lowest BCUT2D eigenvalue weighted by Crippen LogP contribution is -1.67. The molecular formula is C12H8OS. The highest BCUT2D eigenvalue weighted by Gasteiger charge is 2.07. The summed E-state index contributed by atoms with van der Waals surface area (Å²) in [6, 6.07) is 12.3. The van der Waals surface area contributed by atoms with Crippen molar-refractivity contribution in [2.45, 2.75) is 0 Å². The monoisotopic (exact) mass is 200 g/mol. The maximum Gasteiger partial charge on any atom is 0.151 e. The van der Waals surface area contributed by atoms with Gasteiger partial charge in [0.1, 0.15) is 0 Å². The first-order chi connectivity index (χ1) is 6.95. The van der Waals surface area contributed by atoms with Gasteiger partial charge in [0, 0.05) is 10.8 Å². The molecule has 0 radical (unpaired) electrons. The van der Waals surface area contributed by atoms with Gasteiger partial charge in [-0.25, -0.2) is 0 Å². The number of hydrogen-bond acceptors (Lipinski definition) is 2. The highest BCUT2D eigenvalue weighted by atomic mass is 32.1. The van der Waals surface area contributed by atoms with Gasteiger partial charge < -0.3 is 4.42 Å². The Labute approximate surface area is 85.6 Å². The van der Waals surface area contributed by atoms with Crippen LogP contribution in [-0.4, -0.2) is 0 Å². The lowest BCUT2D eigenvalue weighted by Gasteiger charge is -1.91. The zero-order valence-corrected chi connectivity index (χ0v) is 8.25. The minimum absolute atomic E-state index is 0.982. The fraction of sp³-hybridized carbons (Fsp3) is 0. The standard InChI is InChI=1S/C12H8OS/c1-2-5-10-9(4-1)8-13-12(10)11-6-3-7-14-11/h1-8H. The molecule has 2 heterocycles. The maximum atomic E-state index is 5.57. The summed E-state index contributed by atoms with van der Waals surface area (Å²) in [6.45, 7) is 0. The molecule has 0 fully saturated rings. The molecule has 0 unspecified atom stereocenters. The van der Waals surface area contributed by atoms with Gasteiger partial charge in [-0.1, -0.05) is 30.3 Å².